The third-order valence-electron chi connectivity index (χ3n) is 4.74. The van der Waals surface area contributed by atoms with Gasteiger partial charge in [-0.05, 0) is 6.42 Å². The quantitative estimate of drug-likeness (QED) is 0.336. The van der Waals surface area contributed by atoms with E-state index in [2.05, 4.69) is 6.92 Å². The minimum absolute atomic E-state index is 0.165. The Kier molecular flexibility index (Phi) is 4.99. The fraction of sp³-hybridized carbons (Fsp3) is 1.00. The van der Waals surface area contributed by atoms with Gasteiger partial charge < -0.3 is 4.52 Å². The zero-order chi connectivity index (χ0) is 14.1. The summed E-state index contributed by atoms with van der Waals surface area (Å²) in [6.45, 7) is 4.88. The van der Waals surface area contributed by atoms with E-state index in [1.807, 2.05) is 6.92 Å². The summed E-state index contributed by atoms with van der Waals surface area (Å²) in [5.41, 5.74) is -0.174. The first kappa shape index (κ1) is 16.1. The van der Waals surface area contributed by atoms with Gasteiger partial charge in [0, 0.05) is 23.7 Å². The highest BCUT2D eigenvalue weighted by molar-refractivity contribution is 7.59. The Bertz CT molecular complexity index is 372. The lowest BCUT2D eigenvalue weighted by atomic mass is 10.1. The molecule has 0 aromatic rings. The van der Waals surface area contributed by atoms with Gasteiger partial charge in [-0.15, -0.1) is 23.2 Å². The second-order valence-electron chi connectivity index (χ2n) is 6.35. The lowest BCUT2D eigenvalue weighted by Crippen LogP contribution is -2.12. The van der Waals surface area contributed by atoms with E-state index < -0.39 is 11.7 Å². The van der Waals surface area contributed by atoms with Crippen molar-refractivity contribution >= 4 is 30.6 Å². The van der Waals surface area contributed by atoms with Crippen molar-refractivity contribution < 1.29 is 9.09 Å². The Balaban J connectivity index is 1.62. The fourth-order valence-corrected chi connectivity index (χ4v) is 8.08. The van der Waals surface area contributed by atoms with E-state index in [-0.39, 0.29) is 11.3 Å². The molecule has 0 spiro atoms. The molecule has 5 heteroatoms. The lowest BCUT2D eigenvalue weighted by Gasteiger charge is -2.19. The van der Waals surface area contributed by atoms with Crippen LogP contribution in [0.4, 0.5) is 0 Å². The molecule has 1 saturated heterocycles. The van der Waals surface area contributed by atoms with Crippen LogP contribution < -0.4 is 0 Å². The Labute approximate surface area is 127 Å². The van der Waals surface area contributed by atoms with E-state index in [9.17, 15) is 4.57 Å². The van der Waals surface area contributed by atoms with Crippen molar-refractivity contribution in [2.75, 3.05) is 18.9 Å². The topological polar surface area (TPSA) is 26.3 Å². The van der Waals surface area contributed by atoms with Gasteiger partial charge >= 0.3 is 0 Å². The number of halogens is 2. The molecule has 2 rings (SSSR count). The van der Waals surface area contributed by atoms with E-state index in [1.54, 1.807) is 0 Å². The summed E-state index contributed by atoms with van der Waals surface area (Å²) in [7, 11) is -2.45. The Morgan fingerprint density at radius 1 is 1.21 bits per heavy atom. The molecule has 1 aliphatic carbocycles. The number of alkyl halides is 2. The van der Waals surface area contributed by atoms with Crippen molar-refractivity contribution in [2.24, 2.45) is 11.3 Å². The molecule has 3 unspecified atom stereocenters. The van der Waals surface area contributed by atoms with Gasteiger partial charge in [-0.1, -0.05) is 46.0 Å². The standard InChI is InChI=1S/C14H25Cl2O2P/c1-3-4-5-6-7-8-9-18-19(17)10-12-13(2,11-19)14(12,15)16/h12H,3-11H2,1-2H3. The maximum Gasteiger partial charge on any atom is 0.204 e. The molecule has 1 aliphatic heterocycles. The Hall–Kier alpha value is 0.770. The molecule has 1 heterocycles. The van der Waals surface area contributed by atoms with Crippen LogP contribution in [0.25, 0.3) is 0 Å². The van der Waals surface area contributed by atoms with Crippen LogP contribution in [-0.4, -0.2) is 23.3 Å². The highest BCUT2D eigenvalue weighted by Crippen LogP contribution is 2.81. The number of hydrogen-bond acceptors (Lipinski definition) is 2. The van der Waals surface area contributed by atoms with Crippen LogP contribution in [0, 0.1) is 11.3 Å². The van der Waals surface area contributed by atoms with Crippen molar-refractivity contribution in [3.05, 3.63) is 0 Å². The van der Waals surface area contributed by atoms with Crippen LogP contribution in [0.1, 0.15) is 52.4 Å². The number of unbranched alkanes of at least 4 members (excludes halogenated alkanes) is 5. The first-order valence-electron chi connectivity index (χ1n) is 7.46. The molecule has 0 radical (unpaired) electrons. The summed E-state index contributed by atoms with van der Waals surface area (Å²) in [6.07, 6.45) is 8.47. The zero-order valence-electron chi connectivity index (χ0n) is 12.0. The largest absolute Gasteiger partial charge is 0.328 e. The molecule has 19 heavy (non-hydrogen) atoms. The van der Waals surface area contributed by atoms with Crippen molar-refractivity contribution in [2.45, 2.75) is 56.7 Å². The minimum atomic E-state index is -2.45. The summed E-state index contributed by atoms with van der Waals surface area (Å²) in [4.78, 5) is 0. The van der Waals surface area contributed by atoms with Gasteiger partial charge in [-0.25, -0.2) is 0 Å². The average molecular weight is 327 g/mol. The third-order valence-corrected chi connectivity index (χ3v) is 8.84. The first-order chi connectivity index (χ1) is 8.86. The molecule has 2 aliphatic rings. The van der Waals surface area contributed by atoms with Crippen LogP contribution in [0.5, 0.6) is 0 Å². The van der Waals surface area contributed by atoms with Gasteiger partial charge in [0.1, 0.15) is 4.33 Å². The number of rotatable bonds is 8. The van der Waals surface area contributed by atoms with Gasteiger partial charge in [-0.3, -0.25) is 4.57 Å². The molecule has 112 valence electrons. The molecule has 0 aromatic heterocycles. The summed E-state index contributed by atoms with van der Waals surface area (Å²) in [5, 5.41) is 0. The van der Waals surface area contributed by atoms with Crippen LogP contribution in [0.15, 0.2) is 0 Å². The molecule has 1 saturated carbocycles. The van der Waals surface area contributed by atoms with Crippen LogP contribution >= 0.6 is 30.6 Å². The van der Waals surface area contributed by atoms with E-state index in [0.717, 1.165) is 6.42 Å². The third kappa shape index (κ3) is 3.18. The predicted octanol–water partition coefficient (Wildman–Crippen LogP) is 5.47. The van der Waals surface area contributed by atoms with Crippen molar-refractivity contribution in [3.8, 4) is 0 Å². The fourth-order valence-electron chi connectivity index (χ4n) is 3.26. The maximum absolute atomic E-state index is 12.5. The molecule has 0 N–H and O–H groups in total. The van der Waals surface area contributed by atoms with Crippen molar-refractivity contribution in [1.82, 2.24) is 0 Å². The average Bonchev–Trinajstić information content (AvgIpc) is 2.63. The Morgan fingerprint density at radius 2 is 1.84 bits per heavy atom. The molecule has 0 bridgehead atoms. The first-order valence-corrected chi connectivity index (χ1v) is 10.2. The van der Waals surface area contributed by atoms with E-state index >= 15 is 0 Å². The summed E-state index contributed by atoms with van der Waals surface area (Å²) in [6, 6.07) is 0. The molecular formula is C14H25Cl2O2P. The summed E-state index contributed by atoms with van der Waals surface area (Å²) in [5.74, 6) is 0.165. The maximum atomic E-state index is 12.5. The van der Waals surface area contributed by atoms with E-state index in [1.165, 1.54) is 32.1 Å². The van der Waals surface area contributed by atoms with Crippen LogP contribution in [0.2, 0.25) is 0 Å². The van der Waals surface area contributed by atoms with Crippen molar-refractivity contribution in [3.63, 3.8) is 0 Å². The Morgan fingerprint density at radius 3 is 2.42 bits per heavy atom. The molecule has 2 nitrogen and oxygen atoms in total. The summed E-state index contributed by atoms with van der Waals surface area (Å²) >= 11 is 12.4. The predicted molar refractivity (Wildman–Crippen MR) is 82.7 cm³/mol. The highest BCUT2D eigenvalue weighted by atomic mass is 35.5. The van der Waals surface area contributed by atoms with Gasteiger partial charge in [0.15, 0.2) is 0 Å². The monoisotopic (exact) mass is 326 g/mol. The molecule has 0 amide bonds. The van der Waals surface area contributed by atoms with E-state index in [0.29, 0.717) is 18.9 Å². The molecule has 2 fully saturated rings. The molecule has 0 aromatic carbocycles. The van der Waals surface area contributed by atoms with Crippen molar-refractivity contribution in [1.29, 1.82) is 0 Å². The SMILES string of the molecule is CCCCCCCCOP1(=O)CC2C(Cl)(Cl)C2(C)C1. The second kappa shape index (κ2) is 5.87. The normalized spacial score (nSPS) is 39.3. The summed E-state index contributed by atoms with van der Waals surface area (Å²) < 4.78 is 17.6. The zero-order valence-corrected chi connectivity index (χ0v) is 14.4. The number of fused-ring (bicyclic) bond motifs is 1. The highest BCUT2D eigenvalue weighted by Gasteiger charge is 2.79. The molecular weight excluding hydrogens is 302 g/mol. The van der Waals surface area contributed by atoms with Gasteiger partial charge in [-0.2, -0.15) is 0 Å². The molecule has 3 atom stereocenters. The van der Waals surface area contributed by atoms with Gasteiger partial charge in [0.2, 0.25) is 7.37 Å². The van der Waals surface area contributed by atoms with Crippen LogP contribution in [-0.2, 0) is 9.09 Å². The van der Waals surface area contributed by atoms with Gasteiger partial charge in [0.25, 0.3) is 0 Å². The van der Waals surface area contributed by atoms with E-state index in [4.69, 9.17) is 27.7 Å². The van der Waals surface area contributed by atoms with Crippen LogP contribution in [0.3, 0.4) is 0 Å². The number of hydrogen-bond donors (Lipinski definition) is 0. The smallest absolute Gasteiger partial charge is 0.204 e. The lowest BCUT2D eigenvalue weighted by molar-refractivity contribution is 0.301. The second-order valence-corrected chi connectivity index (χ2v) is 10.3. The van der Waals surface area contributed by atoms with Gasteiger partial charge in [0.05, 0.1) is 6.61 Å². The minimum Gasteiger partial charge on any atom is -0.328 e.